The molecule has 36 heavy (non-hydrogen) atoms. The molecule has 0 aliphatic carbocycles. The van der Waals surface area contributed by atoms with Crippen LogP contribution in [0.2, 0.25) is 0 Å². The second kappa shape index (κ2) is 9.92. The lowest BCUT2D eigenvalue weighted by molar-refractivity contribution is -0.112. The van der Waals surface area contributed by atoms with Gasteiger partial charge in [0, 0.05) is 18.3 Å². The number of nitrogens with zero attached hydrogens (tertiary/aromatic N) is 5. The third-order valence-electron chi connectivity index (χ3n) is 6.34. The normalized spacial score (nSPS) is 11.4. The summed E-state index contributed by atoms with van der Waals surface area (Å²) in [4.78, 5) is 26.2. The molecule has 8 nitrogen and oxygen atoms in total. The molecule has 0 unspecified atom stereocenters. The van der Waals surface area contributed by atoms with Crippen molar-refractivity contribution >= 4 is 17.7 Å². The number of nitriles is 1. The molecule has 0 saturated carbocycles. The Morgan fingerprint density at radius 3 is 2.33 bits per heavy atom. The molecule has 0 bridgehead atoms. The Morgan fingerprint density at radius 2 is 1.69 bits per heavy atom. The molecule has 8 heteroatoms. The third kappa shape index (κ3) is 4.64. The molecule has 0 atom stereocenters. The van der Waals surface area contributed by atoms with Gasteiger partial charge in [0.2, 0.25) is 0 Å². The van der Waals surface area contributed by atoms with Crippen molar-refractivity contribution in [3.63, 3.8) is 0 Å². The van der Waals surface area contributed by atoms with Crippen LogP contribution in [0.4, 0.5) is 5.69 Å². The lowest BCUT2D eigenvalue weighted by Crippen LogP contribution is -2.23. The summed E-state index contributed by atoms with van der Waals surface area (Å²) in [5, 5.41) is 17.0. The van der Waals surface area contributed by atoms with Crippen molar-refractivity contribution in [1.29, 1.82) is 5.26 Å². The number of carbonyl (C=O) groups is 1. The average molecular weight is 481 g/mol. The van der Waals surface area contributed by atoms with Gasteiger partial charge in [-0.1, -0.05) is 48.0 Å². The molecule has 4 aromatic rings. The molecule has 1 N–H and O–H groups in total. The molecule has 2 heterocycles. The number of hydrogen-bond acceptors (Lipinski definition) is 4. The number of rotatable bonds is 6. The Morgan fingerprint density at radius 1 is 1.03 bits per heavy atom. The van der Waals surface area contributed by atoms with E-state index in [-0.39, 0.29) is 16.8 Å². The van der Waals surface area contributed by atoms with Gasteiger partial charge in [-0.3, -0.25) is 19.0 Å². The van der Waals surface area contributed by atoms with Crippen LogP contribution in [0.1, 0.15) is 33.8 Å². The van der Waals surface area contributed by atoms with Gasteiger partial charge in [-0.25, -0.2) is 4.68 Å². The van der Waals surface area contributed by atoms with Crippen LogP contribution in [0.25, 0.3) is 11.8 Å². The van der Waals surface area contributed by atoms with Crippen molar-refractivity contribution in [2.24, 2.45) is 7.05 Å². The minimum absolute atomic E-state index is 0.106. The van der Waals surface area contributed by atoms with Crippen molar-refractivity contribution in [3.05, 3.63) is 104 Å². The van der Waals surface area contributed by atoms with Crippen LogP contribution in [-0.2, 0) is 18.4 Å². The Labute approximate surface area is 209 Å². The van der Waals surface area contributed by atoms with Crippen LogP contribution in [-0.4, -0.2) is 25.1 Å². The van der Waals surface area contributed by atoms with Crippen LogP contribution in [0.5, 0.6) is 0 Å². The van der Waals surface area contributed by atoms with Crippen molar-refractivity contribution in [1.82, 2.24) is 19.1 Å². The molecule has 4 rings (SSSR count). The first kappa shape index (κ1) is 24.5. The van der Waals surface area contributed by atoms with Crippen LogP contribution in [0.15, 0.2) is 65.0 Å². The molecule has 1 amide bonds. The Hall–Kier alpha value is -4.64. The van der Waals surface area contributed by atoms with Crippen LogP contribution in [0.3, 0.4) is 0 Å². The number of amides is 1. The highest BCUT2D eigenvalue weighted by Crippen LogP contribution is 2.20. The first-order valence-electron chi connectivity index (χ1n) is 11.6. The van der Waals surface area contributed by atoms with Gasteiger partial charge in [0.1, 0.15) is 17.3 Å². The van der Waals surface area contributed by atoms with E-state index in [0.717, 1.165) is 11.3 Å². The lowest BCUT2D eigenvalue weighted by atomic mass is 10.1. The van der Waals surface area contributed by atoms with Gasteiger partial charge in [0.25, 0.3) is 11.5 Å². The standard InChI is InChI=1S/C28H28N6O2/c1-18-11-13-22(14-12-18)17-33-20(3)25(19(2)31-33)15-23(16-29)27(35)30-26-21(4)32(5)34(28(26)36)24-9-7-6-8-10-24/h6-15H,17H2,1-5H3,(H,30,35)/b23-15+. The maximum Gasteiger partial charge on any atom is 0.295 e. The summed E-state index contributed by atoms with van der Waals surface area (Å²) in [6.45, 7) is 8.12. The molecular formula is C28H28N6O2. The van der Waals surface area contributed by atoms with Crippen LogP contribution in [0, 0.1) is 39.0 Å². The zero-order valence-corrected chi connectivity index (χ0v) is 21.0. The first-order chi connectivity index (χ1) is 17.2. The second-order valence-corrected chi connectivity index (χ2v) is 8.79. The summed E-state index contributed by atoms with van der Waals surface area (Å²) in [7, 11) is 1.75. The number of nitrogens with one attached hydrogen (secondary N) is 1. The number of hydrogen-bond donors (Lipinski definition) is 1. The highest BCUT2D eigenvalue weighted by atomic mass is 16.2. The summed E-state index contributed by atoms with van der Waals surface area (Å²) >= 11 is 0. The van der Waals surface area contributed by atoms with Gasteiger partial charge in [-0.05, 0) is 51.5 Å². The predicted octanol–water partition coefficient (Wildman–Crippen LogP) is 4.20. The molecule has 2 aromatic carbocycles. The number of anilines is 1. The summed E-state index contributed by atoms with van der Waals surface area (Å²) in [5.74, 6) is -0.645. The molecule has 0 spiro atoms. The van der Waals surface area contributed by atoms with Gasteiger partial charge in [0.05, 0.1) is 23.6 Å². The Balaban J connectivity index is 1.63. The highest BCUT2D eigenvalue weighted by molar-refractivity contribution is 6.10. The summed E-state index contributed by atoms with van der Waals surface area (Å²) in [6.07, 6.45) is 1.53. The zero-order valence-electron chi connectivity index (χ0n) is 21.0. The van der Waals surface area contributed by atoms with E-state index in [0.29, 0.717) is 29.2 Å². The average Bonchev–Trinajstić information content (AvgIpc) is 3.25. The SMILES string of the molecule is Cc1ccc(Cn2nc(C)c(/C=C(\C#N)C(=O)Nc3c(C)n(C)n(-c4ccccc4)c3=O)c2C)cc1. The second-order valence-electron chi connectivity index (χ2n) is 8.79. The van der Waals surface area contributed by atoms with E-state index in [4.69, 9.17) is 0 Å². The maximum atomic E-state index is 13.1. The molecule has 0 aliphatic heterocycles. The fourth-order valence-corrected chi connectivity index (χ4v) is 4.13. The largest absolute Gasteiger partial charge is 0.315 e. The minimum atomic E-state index is -0.645. The highest BCUT2D eigenvalue weighted by Gasteiger charge is 2.21. The fraction of sp³-hybridized carbons (Fsp3) is 0.214. The zero-order chi connectivity index (χ0) is 26.0. The van der Waals surface area contributed by atoms with E-state index in [2.05, 4.69) is 34.7 Å². The number of benzene rings is 2. The van der Waals surface area contributed by atoms with Crippen molar-refractivity contribution in [3.8, 4) is 11.8 Å². The van der Waals surface area contributed by atoms with E-state index >= 15 is 0 Å². The lowest BCUT2D eigenvalue weighted by Gasteiger charge is -2.07. The van der Waals surface area contributed by atoms with Crippen molar-refractivity contribution in [2.75, 3.05) is 5.32 Å². The molecule has 0 radical (unpaired) electrons. The first-order valence-corrected chi connectivity index (χ1v) is 11.6. The molecule has 182 valence electrons. The van der Waals surface area contributed by atoms with E-state index in [1.165, 1.54) is 16.3 Å². The number of carbonyl (C=O) groups excluding carboxylic acids is 1. The van der Waals surface area contributed by atoms with E-state index in [9.17, 15) is 14.9 Å². The molecule has 0 aliphatic rings. The third-order valence-corrected chi connectivity index (χ3v) is 6.34. The Bertz CT molecular complexity index is 1560. The molecule has 2 aromatic heterocycles. The van der Waals surface area contributed by atoms with Crippen LogP contribution >= 0.6 is 0 Å². The van der Waals surface area contributed by atoms with Gasteiger partial charge >= 0.3 is 0 Å². The monoisotopic (exact) mass is 480 g/mol. The van der Waals surface area contributed by atoms with Gasteiger partial charge in [-0.2, -0.15) is 10.4 Å². The smallest absolute Gasteiger partial charge is 0.295 e. The molecule has 0 fully saturated rings. The summed E-state index contributed by atoms with van der Waals surface area (Å²) < 4.78 is 5.01. The summed E-state index contributed by atoms with van der Waals surface area (Å²) in [6, 6.07) is 19.4. The van der Waals surface area contributed by atoms with Gasteiger partial charge in [-0.15, -0.1) is 0 Å². The minimum Gasteiger partial charge on any atom is -0.315 e. The summed E-state index contributed by atoms with van der Waals surface area (Å²) in [5.41, 5.74) is 5.47. The van der Waals surface area contributed by atoms with Crippen molar-refractivity contribution in [2.45, 2.75) is 34.2 Å². The van der Waals surface area contributed by atoms with E-state index in [1.807, 2.05) is 61.9 Å². The molecular weight excluding hydrogens is 452 g/mol. The van der Waals surface area contributed by atoms with Crippen molar-refractivity contribution < 1.29 is 4.79 Å². The molecule has 0 saturated heterocycles. The number of para-hydroxylation sites is 1. The Kier molecular flexibility index (Phi) is 6.75. The number of aryl methyl sites for hydroxylation is 2. The number of aromatic nitrogens is 4. The fourth-order valence-electron chi connectivity index (χ4n) is 4.13. The van der Waals surface area contributed by atoms with Crippen LogP contribution < -0.4 is 10.9 Å². The van der Waals surface area contributed by atoms with Gasteiger partial charge in [0.15, 0.2) is 0 Å². The quantitative estimate of drug-likeness (QED) is 0.330. The van der Waals surface area contributed by atoms with E-state index in [1.54, 1.807) is 18.7 Å². The van der Waals surface area contributed by atoms with Gasteiger partial charge < -0.3 is 5.32 Å². The topological polar surface area (TPSA) is 97.6 Å². The predicted molar refractivity (Wildman–Crippen MR) is 140 cm³/mol. The maximum absolute atomic E-state index is 13.1. The van der Waals surface area contributed by atoms with E-state index < -0.39 is 5.91 Å².